The molecule has 15 heavy (non-hydrogen) atoms. The summed E-state index contributed by atoms with van der Waals surface area (Å²) in [5.41, 5.74) is 5.94. The third kappa shape index (κ3) is 2.23. The number of hydrogen-bond donors (Lipinski definition) is 1. The largest absolute Gasteiger partial charge is 0.316 e. The van der Waals surface area contributed by atoms with E-state index in [4.69, 9.17) is 0 Å². The van der Waals surface area contributed by atoms with Crippen molar-refractivity contribution in [3.63, 3.8) is 0 Å². The molecule has 1 fully saturated rings. The third-order valence-corrected chi connectivity index (χ3v) is 3.84. The first-order chi connectivity index (χ1) is 7.18. The van der Waals surface area contributed by atoms with E-state index >= 15 is 0 Å². The molecule has 1 heterocycles. The first-order valence-corrected chi connectivity index (χ1v) is 5.95. The molecule has 1 N–H and O–H groups in total. The summed E-state index contributed by atoms with van der Waals surface area (Å²) in [4.78, 5) is 0. The maximum Gasteiger partial charge on any atom is -0.00169 e. The van der Waals surface area contributed by atoms with Crippen molar-refractivity contribution >= 4 is 0 Å². The molecule has 1 unspecified atom stereocenters. The summed E-state index contributed by atoms with van der Waals surface area (Å²) in [5.74, 6) is 0.853. The molecule has 1 atom stereocenters. The van der Waals surface area contributed by atoms with Gasteiger partial charge in [-0.1, -0.05) is 12.1 Å². The van der Waals surface area contributed by atoms with E-state index in [9.17, 15) is 0 Å². The normalized spacial score (nSPS) is 20.9. The van der Waals surface area contributed by atoms with Crippen LogP contribution in [0.4, 0.5) is 0 Å². The molecule has 1 aliphatic rings. The van der Waals surface area contributed by atoms with Crippen molar-refractivity contribution in [1.29, 1.82) is 0 Å². The van der Waals surface area contributed by atoms with Crippen molar-refractivity contribution in [2.45, 2.75) is 33.6 Å². The Morgan fingerprint density at radius 1 is 1.20 bits per heavy atom. The zero-order valence-corrected chi connectivity index (χ0v) is 10.1. The smallest absolute Gasteiger partial charge is 0.00169 e. The van der Waals surface area contributed by atoms with E-state index in [1.54, 1.807) is 5.56 Å². The molecule has 1 aliphatic heterocycles. The Morgan fingerprint density at radius 3 is 2.67 bits per heavy atom. The predicted molar refractivity (Wildman–Crippen MR) is 65.3 cm³/mol. The number of nitrogens with one attached hydrogen (secondary N) is 1. The Kier molecular flexibility index (Phi) is 3.11. The van der Waals surface area contributed by atoms with Crippen LogP contribution in [-0.4, -0.2) is 13.1 Å². The molecule has 0 saturated carbocycles. The second kappa shape index (κ2) is 4.36. The average Bonchev–Trinajstić information content (AvgIpc) is 2.72. The molecule has 0 aliphatic carbocycles. The van der Waals surface area contributed by atoms with Gasteiger partial charge in [-0.25, -0.2) is 0 Å². The molecule has 1 saturated heterocycles. The molecular formula is C14H21N. The van der Waals surface area contributed by atoms with Gasteiger partial charge >= 0.3 is 0 Å². The predicted octanol–water partition coefficient (Wildman–Crippen LogP) is 2.76. The maximum absolute atomic E-state index is 3.44. The molecule has 1 aromatic carbocycles. The summed E-state index contributed by atoms with van der Waals surface area (Å²) in [6, 6.07) is 4.58. The van der Waals surface area contributed by atoms with E-state index in [1.807, 2.05) is 0 Å². The molecule has 1 heteroatoms. The highest BCUT2D eigenvalue weighted by Gasteiger charge is 2.16. The van der Waals surface area contributed by atoms with Crippen molar-refractivity contribution in [2.24, 2.45) is 5.92 Å². The van der Waals surface area contributed by atoms with Gasteiger partial charge in [-0.3, -0.25) is 0 Å². The van der Waals surface area contributed by atoms with Crippen LogP contribution < -0.4 is 5.32 Å². The monoisotopic (exact) mass is 203 g/mol. The van der Waals surface area contributed by atoms with Gasteiger partial charge in [-0.15, -0.1) is 0 Å². The van der Waals surface area contributed by atoms with Crippen molar-refractivity contribution in [1.82, 2.24) is 5.32 Å². The van der Waals surface area contributed by atoms with Gasteiger partial charge in [0.25, 0.3) is 0 Å². The van der Waals surface area contributed by atoms with Crippen LogP contribution in [0.1, 0.15) is 28.7 Å². The molecule has 0 spiro atoms. The third-order valence-electron chi connectivity index (χ3n) is 3.84. The highest BCUT2D eigenvalue weighted by molar-refractivity contribution is 5.39. The fraction of sp³-hybridized carbons (Fsp3) is 0.571. The summed E-state index contributed by atoms with van der Waals surface area (Å²) in [5, 5.41) is 3.44. The zero-order valence-electron chi connectivity index (χ0n) is 10.1. The number of hydrogen-bond acceptors (Lipinski definition) is 1. The lowest BCUT2D eigenvalue weighted by Gasteiger charge is -2.14. The molecule has 0 radical (unpaired) electrons. The Labute approximate surface area is 92.9 Å². The Balaban J connectivity index is 2.17. The summed E-state index contributed by atoms with van der Waals surface area (Å²) in [6.45, 7) is 9.10. The van der Waals surface area contributed by atoms with E-state index in [0.717, 1.165) is 5.92 Å². The summed E-state index contributed by atoms with van der Waals surface area (Å²) >= 11 is 0. The maximum atomic E-state index is 3.44. The lowest BCUT2D eigenvalue weighted by Crippen LogP contribution is -2.11. The van der Waals surface area contributed by atoms with Crippen LogP contribution in [0.5, 0.6) is 0 Å². The number of aryl methyl sites for hydroxylation is 1. The van der Waals surface area contributed by atoms with Gasteiger partial charge in [0, 0.05) is 0 Å². The van der Waals surface area contributed by atoms with Gasteiger partial charge in [0.15, 0.2) is 0 Å². The van der Waals surface area contributed by atoms with E-state index in [-0.39, 0.29) is 0 Å². The average molecular weight is 203 g/mol. The van der Waals surface area contributed by atoms with Crippen LogP contribution in [0.25, 0.3) is 0 Å². The van der Waals surface area contributed by atoms with Crippen LogP contribution in [-0.2, 0) is 6.42 Å². The Morgan fingerprint density at radius 2 is 2.00 bits per heavy atom. The van der Waals surface area contributed by atoms with Crippen molar-refractivity contribution < 1.29 is 0 Å². The van der Waals surface area contributed by atoms with Crippen molar-refractivity contribution in [3.8, 4) is 0 Å². The summed E-state index contributed by atoms with van der Waals surface area (Å²) in [7, 11) is 0. The minimum atomic E-state index is 0.853. The number of rotatable bonds is 2. The highest BCUT2D eigenvalue weighted by atomic mass is 14.9. The van der Waals surface area contributed by atoms with Gasteiger partial charge in [0.1, 0.15) is 0 Å². The van der Waals surface area contributed by atoms with Crippen LogP contribution in [0, 0.1) is 26.7 Å². The zero-order chi connectivity index (χ0) is 10.8. The van der Waals surface area contributed by atoms with Crippen molar-refractivity contribution in [2.75, 3.05) is 13.1 Å². The van der Waals surface area contributed by atoms with Crippen LogP contribution in [0.3, 0.4) is 0 Å². The quantitative estimate of drug-likeness (QED) is 0.779. The summed E-state index contributed by atoms with van der Waals surface area (Å²) < 4.78 is 0. The van der Waals surface area contributed by atoms with Gasteiger partial charge in [-0.2, -0.15) is 0 Å². The highest BCUT2D eigenvalue weighted by Crippen LogP contribution is 2.22. The van der Waals surface area contributed by atoms with Crippen LogP contribution >= 0.6 is 0 Å². The van der Waals surface area contributed by atoms with E-state index < -0.39 is 0 Å². The molecule has 0 aromatic heterocycles. The van der Waals surface area contributed by atoms with Crippen molar-refractivity contribution in [3.05, 3.63) is 34.4 Å². The van der Waals surface area contributed by atoms with Gasteiger partial charge in [-0.05, 0) is 74.9 Å². The molecule has 2 rings (SSSR count). The second-order valence-corrected chi connectivity index (χ2v) is 4.85. The van der Waals surface area contributed by atoms with Gasteiger partial charge in [0.05, 0.1) is 0 Å². The van der Waals surface area contributed by atoms with E-state index in [2.05, 4.69) is 38.2 Å². The topological polar surface area (TPSA) is 12.0 Å². The fourth-order valence-electron chi connectivity index (χ4n) is 2.43. The van der Waals surface area contributed by atoms with E-state index in [0.29, 0.717) is 0 Å². The van der Waals surface area contributed by atoms with Crippen LogP contribution in [0.15, 0.2) is 12.1 Å². The Hall–Kier alpha value is -0.820. The molecule has 82 valence electrons. The Bertz CT molecular complexity index is 349. The number of benzene rings is 1. The second-order valence-electron chi connectivity index (χ2n) is 4.85. The van der Waals surface area contributed by atoms with Crippen LogP contribution in [0.2, 0.25) is 0 Å². The molecule has 1 nitrogen and oxygen atoms in total. The van der Waals surface area contributed by atoms with Gasteiger partial charge < -0.3 is 5.32 Å². The first kappa shape index (κ1) is 10.7. The SMILES string of the molecule is Cc1ccc(CC2CCNC2)c(C)c1C. The van der Waals surface area contributed by atoms with Gasteiger partial charge in [0.2, 0.25) is 0 Å². The summed E-state index contributed by atoms with van der Waals surface area (Å²) in [6.07, 6.45) is 2.59. The molecule has 0 amide bonds. The fourth-order valence-corrected chi connectivity index (χ4v) is 2.43. The van der Waals surface area contributed by atoms with E-state index in [1.165, 1.54) is 42.6 Å². The lowest BCUT2D eigenvalue weighted by atomic mass is 9.91. The minimum Gasteiger partial charge on any atom is -0.316 e. The minimum absolute atomic E-state index is 0.853. The first-order valence-electron chi connectivity index (χ1n) is 5.95. The standard InChI is InChI=1S/C14H21N/c1-10-4-5-14(12(3)11(10)2)8-13-6-7-15-9-13/h4-5,13,15H,6-9H2,1-3H3. The molecular weight excluding hydrogens is 182 g/mol. The molecule has 1 aromatic rings. The molecule has 0 bridgehead atoms. The lowest BCUT2D eigenvalue weighted by molar-refractivity contribution is 0.578.